The van der Waals surface area contributed by atoms with Crippen LogP contribution in [0.3, 0.4) is 0 Å². The number of hydrogen-bond donors (Lipinski definition) is 1. The molecule has 6 heteroatoms. The first-order chi connectivity index (χ1) is 12.2. The molecule has 1 saturated carbocycles. The quantitative estimate of drug-likeness (QED) is 0.285. The SMILES string of the molecule is CCNC(=NCCCN1CC(C)OC(C)C1)N1CC2CCCCC2C1.I. The smallest absolute Gasteiger partial charge is 0.193 e. The highest BCUT2D eigenvalue weighted by Crippen LogP contribution is 2.35. The summed E-state index contributed by atoms with van der Waals surface area (Å²) in [5.74, 6) is 2.98. The Balaban J connectivity index is 0.00000243. The zero-order valence-electron chi connectivity index (χ0n) is 17.0. The Morgan fingerprint density at radius 1 is 1.04 bits per heavy atom. The van der Waals surface area contributed by atoms with Crippen molar-refractivity contribution in [1.82, 2.24) is 15.1 Å². The molecule has 0 spiro atoms. The molecule has 0 amide bonds. The monoisotopic (exact) mass is 478 g/mol. The van der Waals surface area contributed by atoms with Crippen molar-refractivity contribution in [2.24, 2.45) is 16.8 Å². The standard InChI is InChI=1S/C20H38N4O.HI/c1-4-21-20(24-14-18-8-5-6-9-19(18)15-24)22-10-7-11-23-12-16(2)25-17(3)13-23;/h16-19H,4-15H2,1-3H3,(H,21,22);1H. The largest absolute Gasteiger partial charge is 0.373 e. The van der Waals surface area contributed by atoms with Crippen molar-refractivity contribution >= 4 is 29.9 Å². The van der Waals surface area contributed by atoms with E-state index >= 15 is 0 Å². The lowest BCUT2D eigenvalue weighted by atomic mass is 9.82. The molecule has 2 heterocycles. The average Bonchev–Trinajstić information content (AvgIpc) is 3.00. The van der Waals surface area contributed by atoms with Crippen LogP contribution in [0.2, 0.25) is 0 Å². The Morgan fingerprint density at radius 2 is 1.65 bits per heavy atom. The van der Waals surface area contributed by atoms with E-state index in [1.54, 1.807) is 0 Å². The second kappa shape index (κ2) is 11.1. The Bertz CT molecular complexity index is 424. The van der Waals surface area contributed by atoms with Crippen molar-refractivity contribution in [3.05, 3.63) is 0 Å². The summed E-state index contributed by atoms with van der Waals surface area (Å²) >= 11 is 0. The number of nitrogens with one attached hydrogen (secondary N) is 1. The van der Waals surface area contributed by atoms with Gasteiger partial charge in [-0.15, -0.1) is 24.0 Å². The third-order valence-electron chi connectivity index (χ3n) is 6.00. The van der Waals surface area contributed by atoms with Gasteiger partial charge in [0.15, 0.2) is 5.96 Å². The van der Waals surface area contributed by atoms with E-state index in [1.165, 1.54) is 38.8 Å². The van der Waals surface area contributed by atoms with Crippen LogP contribution in [0, 0.1) is 11.8 Å². The minimum absolute atomic E-state index is 0. The molecule has 4 unspecified atom stereocenters. The highest BCUT2D eigenvalue weighted by Gasteiger charge is 2.35. The number of likely N-dealkylation sites (tertiary alicyclic amines) is 1. The topological polar surface area (TPSA) is 40.1 Å². The molecule has 3 rings (SSSR count). The number of guanidine groups is 1. The number of rotatable bonds is 5. The molecule has 2 aliphatic heterocycles. The Kier molecular flexibility index (Phi) is 9.44. The van der Waals surface area contributed by atoms with Crippen LogP contribution in [-0.4, -0.2) is 73.8 Å². The van der Waals surface area contributed by atoms with E-state index in [-0.39, 0.29) is 24.0 Å². The van der Waals surface area contributed by atoms with E-state index in [4.69, 9.17) is 9.73 Å². The van der Waals surface area contributed by atoms with Crippen LogP contribution in [0.1, 0.15) is 52.9 Å². The van der Waals surface area contributed by atoms with Crippen molar-refractivity contribution in [2.45, 2.75) is 65.1 Å². The van der Waals surface area contributed by atoms with Crippen LogP contribution in [0.4, 0.5) is 0 Å². The van der Waals surface area contributed by atoms with E-state index in [1.807, 2.05) is 0 Å². The fourth-order valence-electron chi connectivity index (χ4n) is 4.95. The van der Waals surface area contributed by atoms with Crippen molar-refractivity contribution in [3.8, 4) is 0 Å². The van der Waals surface area contributed by atoms with Gasteiger partial charge in [-0.1, -0.05) is 12.8 Å². The zero-order valence-corrected chi connectivity index (χ0v) is 19.3. The lowest BCUT2D eigenvalue weighted by molar-refractivity contribution is -0.0679. The Labute approximate surface area is 177 Å². The average molecular weight is 478 g/mol. The predicted octanol–water partition coefficient (Wildman–Crippen LogP) is 3.19. The van der Waals surface area contributed by atoms with Gasteiger partial charge < -0.3 is 15.0 Å². The third-order valence-corrected chi connectivity index (χ3v) is 6.00. The summed E-state index contributed by atoms with van der Waals surface area (Å²) in [7, 11) is 0. The van der Waals surface area contributed by atoms with Crippen molar-refractivity contribution in [2.75, 3.05) is 45.8 Å². The maximum Gasteiger partial charge on any atom is 0.193 e. The van der Waals surface area contributed by atoms with Gasteiger partial charge in [0.1, 0.15) is 0 Å². The molecule has 3 fully saturated rings. The van der Waals surface area contributed by atoms with Crippen LogP contribution in [0.25, 0.3) is 0 Å². The summed E-state index contributed by atoms with van der Waals surface area (Å²) in [5.41, 5.74) is 0. The van der Waals surface area contributed by atoms with Crippen LogP contribution in [0.15, 0.2) is 4.99 Å². The first-order valence-corrected chi connectivity index (χ1v) is 10.6. The molecule has 1 aliphatic carbocycles. The van der Waals surface area contributed by atoms with E-state index in [2.05, 4.69) is 35.9 Å². The number of halogens is 1. The highest BCUT2D eigenvalue weighted by molar-refractivity contribution is 14.0. The molecular weight excluding hydrogens is 439 g/mol. The van der Waals surface area contributed by atoms with E-state index in [0.717, 1.165) is 56.9 Å². The molecule has 1 N–H and O–H groups in total. The van der Waals surface area contributed by atoms with Gasteiger partial charge in [0, 0.05) is 45.8 Å². The van der Waals surface area contributed by atoms with E-state index < -0.39 is 0 Å². The molecule has 5 nitrogen and oxygen atoms in total. The summed E-state index contributed by atoms with van der Waals surface area (Å²) in [5, 5.41) is 3.53. The molecule has 152 valence electrons. The van der Waals surface area contributed by atoms with Crippen LogP contribution in [0.5, 0.6) is 0 Å². The number of aliphatic imine (C=N–C) groups is 1. The van der Waals surface area contributed by atoms with Gasteiger partial charge in [-0.05, 0) is 51.9 Å². The molecule has 0 aromatic heterocycles. The van der Waals surface area contributed by atoms with Gasteiger partial charge in [0.05, 0.1) is 12.2 Å². The van der Waals surface area contributed by atoms with Gasteiger partial charge in [-0.3, -0.25) is 9.89 Å². The molecule has 3 aliphatic rings. The molecule has 0 aromatic carbocycles. The maximum absolute atomic E-state index is 5.82. The van der Waals surface area contributed by atoms with Gasteiger partial charge in [-0.25, -0.2) is 0 Å². The number of fused-ring (bicyclic) bond motifs is 1. The highest BCUT2D eigenvalue weighted by atomic mass is 127. The lowest BCUT2D eigenvalue weighted by Gasteiger charge is -2.35. The number of morpholine rings is 1. The summed E-state index contributed by atoms with van der Waals surface area (Å²) in [6.07, 6.45) is 7.56. The zero-order chi connectivity index (χ0) is 17.6. The number of nitrogens with zero attached hydrogens (tertiary/aromatic N) is 3. The lowest BCUT2D eigenvalue weighted by Crippen LogP contribution is -2.45. The second-order valence-corrected chi connectivity index (χ2v) is 8.32. The fourth-order valence-corrected chi connectivity index (χ4v) is 4.95. The van der Waals surface area contributed by atoms with Gasteiger partial charge in [-0.2, -0.15) is 0 Å². The first kappa shape index (κ1) is 22.2. The second-order valence-electron chi connectivity index (χ2n) is 8.32. The van der Waals surface area contributed by atoms with E-state index in [0.29, 0.717) is 12.2 Å². The van der Waals surface area contributed by atoms with Crippen LogP contribution in [-0.2, 0) is 4.74 Å². The van der Waals surface area contributed by atoms with Crippen molar-refractivity contribution in [3.63, 3.8) is 0 Å². The Morgan fingerprint density at radius 3 is 2.23 bits per heavy atom. The maximum atomic E-state index is 5.82. The fraction of sp³-hybridized carbons (Fsp3) is 0.950. The summed E-state index contributed by atoms with van der Waals surface area (Å²) in [4.78, 5) is 10.0. The number of ether oxygens (including phenoxy) is 1. The van der Waals surface area contributed by atoms with Crippen LogP contribution >= 0.6 is 24.0 Å². The molecule has 0 aromatic rings. The Hall–Kier alpha value is -0.0800. The van der Waals surface area contributed by atoms with Crippen LogP contribution < -0.4 is 5.32 Å². The predicted molar refractivity (Wildman–Crippen MR) is 119 cm³/mol. The van der Waals surface area contributed by atoms with Gasteiger partial charge >= 0.3 is 0 Å². The third kappa shape index (κ3) is 6.23. The van der Waals surface area contributed by atoms with Gasteiger partial charge in [0.2, 0.25) is 0 Å². The molecule has 4 atom stereocenters. The molecule has 0 radical (unpaired) electrons. The summed E-state index contributed by atoms with van der Waals surface area (Å²) in [6.45, 7) is 14.1. The molecule has 26 heavy (non-hydrogen) atoms. The minimum Gasteiger partial charge on any atom is -0.373 e. The first-order valence-electron chi connectivity index (χ1n) is 10.6. The molecular formula is C20H39IN4O. The van der Waals surface area contributed by atoms with Crippen molar-refractivity contribution in [1.29, 1.82) is 0 Å². The summed E-state index contributed by atoms with van der Waals surface area (Å²) < 4.78 is 5.82. The summed E-state index contributed by atoms with van der Waals surface area (Å²) in [6, 6.07) is 0. The minimum atomic E-state index is 0. The normalized spacial score (nSPS) is 32.9. The van der Waals surface area contributed by atoms with Gasteiger partial charge in [0.25, 0.3) is 0 Å². The molecule has 0 bridgehead atoms. The van der Waals surface area contributed by atoms with E-state index in [9.17, 15) is 0 Å². The number of hydrogen-bond acceptors (Lipinski definition) is 3. The molecule has 2 saturated heterocycles. The van der Waals surface area contributed by atoms with Crippen molar-refractivity contribution < 1.29 is 4.74 Å².